The van der Waals surface area contributed by atoms with Gasteiger partial charge in [-0.25, -0.2) is 13.8 Å². The first-order valence-corrected chi connectivity index (χ1v) is 10.1. The summed E-state index contributed by atoms with van der Waals surface area (Å²) in [4.78, 5) is 12.1. The van der Waals surface area contributed by atoms with Crippen LogP contribution in [0.15, 0.2) is 29.4 Å². The Hall–Kier alpha value is -1.44. The highest BCUT2D eigenvalue weighted by molar-refractivity contribution is 7.88. The molecule has 0 unspecified atom stereocenters. The van der Waals surface area contributed by atoms with E-state index < -0.39 is 15.9 Å². The van der Waals surface area contributed by atoms with Gasteiger partial charge in [0.05, 0.1) is 19.0 Å². The monoisotopic (exact) mass is 371 g/mol. The molecule has 132 valence electrons. The third kappa shape index (κ3) is 5.58. The molecule has 24 heavy (non-hydrogen) atoms. The fourth-order valence-corrected chi connectivity index (χ4v) is 4.11. The summed E-state index contributed by atoms with van der Waals surface area (Å²) in [6.07, 6.45) is 7.26. The number of amides is 1. The van der Waals surface area contributed by atoms with E-state index in [4.69, 9.17) is 11.6 Å². The van der Waals surface area contributed by atoms with Crippen LogP contribution in [-0.2, 0) is 14.8 Å². The zero-order chi connectivity index (χ0) is 17.6. The molecule has 1 amide bonds. The number of hydrazone groups is 1. The molecule has 0 bridgehead atoms. The first-order chi connectivity index (χ1) is 11.4. The molecule has 0 aromatic heterocycles. The molecule has 0 radical (unpaired) electrons. The zero-order valence-electron chi connectivity index (χ0n) is 13.6. The highest BCUT2D eigenvalue weighted by Crippen LogP contribution is 2.24. The van der Waals surface area contributed by atoms with Crippen molar-refractivity contribution in [1.82, 2.24) is 9.73 Å². The normalized spacial score (nSPS) is 16.6. The van der Waals surface area contributed by atoms with Crippen LogP contribution in [0.3, 0.4) is 0 Å². The van der Waals surface area contributed by atoms with E-state index in [-0.39, 0.29) is 12.6 Å². The Labute approximate surface area is 147 Å². The Kier molecular flexibility index (Phi) is 6.77. The number of hydrogen-bond acceptors (Lipinski definition) is 4. The van der Waals surface area contributed by atoms with Crippen LogP contribution in [0.2, 0.25) is 5.02 Å². The van der Waals surface area contributed by atoms with Gasteiger partial charge in [0.25, 0.3) is 5.91 Å². The highest BCUT2D eigenvalue weighted by atomic mass is 35.5. The minimum Gasteiger partial charge on any atom is -0.272 e. The number of nitrogens with one attached hydrogen (secondary N) is 1. The number of carbonyl (C=O) groups excluding carboxylic acids is 1. The van der Waals surface area contributed by atoms with Gasteiger partial charge in [0.15, 0.2) is 0 Å². The van der Waals surface area contributed by atoms with Crippen LogP contribution in [0, 0.1) is 0 Å². The third-order valence-electron chi connectivity index (χ3n) is 4.01. The van der Waals surface area contributed by atoms with E-state index >= 15 is 0 Å². The van der Waals surface area contributed by atoms with Gasteiger partial charge in [0.2, 0.25) is 10.0 Å². The average molecular weight is 372 g/mol. The molecule has 1 aromatic carbocycles. The minimum atomic E-state index is -3.44. The summed E-state index contributed by atoms with van der Waals surface area (Å²) >= 11 is 5.99. The number of rotatable bonds is 6. The van der Waals surface area contributed by atoms with E-state index in [1.165, 1.54) is 10.5 Å². The van der Waals surface area contributed by atoms with Gasteiger partial charge in [-0.05, 0) is 18.9 Å². The van der Waals surface area contributed by atoms with Crippen LogP contribution in [-0.4, -0.2) is 43.7 Å². The van der Waals surface area contributed by atoms with E-state index in [0.717, 1.165) is 38.4 Å². The smallest absolute Gasteiger partial charge is 0.255 e. The first-order valence-electron chi connectivity index (χ1n) is 7.91. The fourth-order valence-electron chi connectivity index (χ4n) is 2.82. The summed E-state index contributed by atoms with van der Waals surface area (Å²) in [6.45, 7) is -0.219. The lowest BCUT2D eigenvalue weighted by atomic mass is 9.95. The maximum Gasteiger partial charge on any atom is 0.255 e. The molecule has 1 saturated carbocycles. The Morgan fingerprint density at radius 3 is 2.62 bits per heavy atom. The van der Waals surface area contributed by atoms with Crippen LogP contribution in [0.25, 0.3) is 0 Å². The number of hydrogen-bond donors (Lipinski definition) is 1. The maximum absolute atomic E-state index is 12.1. The van der Waals surface area contributed by atoms with Crippen LogP contribution >= 0.6 is 11.6 Å². The van der Waals surface area contributed by atoms with Gasteiger partial charge in [-0.2, -0.15) is 9.41 Å². The molecule has 6 nitrogen and oxygen atoms in total. The number of nitrogens with zero attached hydrogens (tertiary/aromatic N) is 2. The molecular weight excluding hydrogens is 350 g/mol. The zero-order valence-corrected chi connectivity index (χ0v) is 15.2. The van der Waals surface area contributed by atoms with Gasteiger partial charge in [-0.1, -0.05) is 49.1 Å². The molecule has 1 fully saturated rings. The van der Waals surface area contributed by atoms with E-state index in [9.17, 15) is 13.2 Å². The standard InChI is InChI=1S/C16H22ClN3O3S/c1-24(22,23)20(14-8-3-2-4-9-14)12-16(21)19-18-11-13-7-5-6-10-15(13)17/h5-7,10-11,14H,2-4,8-9,12H2,1H3,(H,19,21)/b18-11+. The van der Waals surface area contributed by atoms with E-state index in [2.05, 4.69) is 10.5 Å². The highest BCUT2D eigenvalue weighted by Gasteiger charge is 2.29. The molecule has 1 aliphatic rings. The summed E-state index contributed by atoms with van der Waals surface area (Å²) < 4.78 is 25.3. The molecule has 1 N–H and O–H groups in total. The Morgan fingerprint density at radius 2 is 2.00 bits per heavy atom. The van der Waals surface area contributed by atoms with E-state index in [1.807, 2.05) is 6.07 Å². The molecule has 0 spiro atoms. The van der Waals surface area contributed by atoms with Crippen molar-refractivity contribution in [2.45, 2.75) is 38.1 Å². The summed E-state index contributed by atoms with van der Waals surface area (Å²) in [5, 5.41) is 4.38. The van der Waals surface area contributed by atoms with E-state index in [1.54, 1.807) is 18.2 Å². The van der Waals surface area contributed by atoms with Crippen molar-refractivity contribution in [3.8, 4) is 0 Å². The second-order valence-corrected chi connectivity index (χ2v) is 8.26. The van der Waals surface area contributed by atoms with Gasteiger partial charge in [-0.15, -0.1) is 0 Å². The largest absolute Gasteiger partial charge is 0.272 e. The van der Waals surface area contributed by atoms with Crippen molar-refractivity contribution in [3.63, 3.8) is 0 Å². The Bertz CT molecular complexity index is 700. The van der Waals surface area contributed by atoms with Crippen molar-refractivity contribution in [2.75, 3.05) is 12.8 Å². The van der Waals surface area contributed by atoms with Gasteiger partial charge < -0.3 is 0 Å². The van der Waals surface area contributed by atoms with E-state index in [0.29, 0.717) is 10.6 Å². The van der Waals surface area contributed by atoms with Crippen LogP contribution in [0.5, 0.6) is 0 Å². The van der Waals surface area contributed by atoms with Gasteiger partial charge in [-0.3, -0.25) is 4.79 Å². The number of carbonyl (C=O) groups is 1. The molecule has 0 heterocycles. The van der Waals surface area contributed by atoms with Crippen LogP contribution in [0.4, 0.5) is 0 Å². The van der Waals surface area contributed by atoms with Crippen molar-refractivity contribution >= 4 is 33.7 Å². The molecule has 1 aliphatic carbocycles. The van der Waals surface area contributed by atoms with Crippen LogP contribution < -0.4 is 5.43 Å². The van der Waals surface area contributed by atoms with Gasteiger partial charge in [0.1, 0.15) is 0 Å². The predicted molar refractivity (Wildman–Crippen MR) is 95.6 cm³/mol. The first kappa shape index (κ1) is 18.9. The quantitative estimate of drug-likeness (QED) is 0.616. The maximum atomic E-state index is 12.1. The van der Waals surface area contributed by atoms with Crippen molar-refractivity contribution < 1.29 is 13.2 Å². The predicted octanol–water partition coefficient (Wildman–Crippen LogP) is 2.38. The lowest BCUT2D eigenvalue weighted by Gasteiger charge is -2.31. The molecule has 1 aromatic rings. The topological polar surface area (TPSA) is 78.8 Å². The van der Waals surface area contributed by atoms with Gasteiger partial charge in [0, 0.05) is 16.6 Å². The summed E-state index contributed by atoms with van der Waals surface area (Å²) in [7, 11) is -3.44. The minimum absolute atomic E-state index is 0.105. The average Bonchev–Trinajstić information content (AvgIpc) is 2.54. The van der Waals surface area contributed by atoms with Crippen molar-refractivity contribution in [2.24, 2.45) is 5.10 Å². The summed E-state index contributed by atoms with van der Waals surface area (Å²) in [5.74, 6) is -0.464. The van der Waals surface area contributed by atoms with Gasteiger partial charge >= 0.3 is 0 Å². The Morgan fingerprint density at radius 1 is 1.33 bits per heavy atom. The third-order valence-corrected chi connectivity index (χ3v) is 5.63. The molecule has 0 aliphatic heterocycles. The lowest BCUT2D eigenvalue weighted by molar-refractivity contribution is -0.121. The second kappa shape index (κ2) is 8.60. The molecule has 0 saturated heterocycles. The molecular formula is C16H22ClN3O3S. The SMILES string of the molecule is CS(=O)(=O)N(CC(=O)N/N=C/c1ccccc1Cl)C1CCCCC1. The summed E-state index contributed by atoms with van der Waals surface area (Å²) in [6, 6.07) is 6.99. The second-order valence-electron chi connectivity index (χ2n) is 5.91. The van der Waals surface area contributed by atoms with Crippen LogP contribution in [0.1, 0.15) is 37.7 Å². The lowest BCUT2D eigenvalue weighted by Crippen LogP contribution is -2.45. The molecule has 2 rings (SSSR count). The Balaban J connectivity index is 1.96. The number of sulfonamides is 1. The van der Waals surface area contributed by atoms with Crippen molar-refractivity contribution in [1.29, 1.82) is 0 Å². The summed E-state index contributed by atoms with van der Waals surface area (Å²) in [5.41, 5.74) is 3.04. The van der Waals surface area contributed by atoms with Crippen molar-refractivity contribution in [3.05, 3.63) is 34.9 Å². The number of benzene rings is 1. The molecule has 8 heteroatoms. The molecule has 0 atom stereocenters. The fraction of sp³-hybridized carbons (Fsp3) is 0.500. The number of halogens is 1.